The molecule has 20 heavy (non-hydrogen) atoms. The number of aliphatic carboxylic acids is 1. The van der Waals surface area contributed by atoms with E-state index >= 15 is 0 Å². The molecule has 1 fully saturated rings. The molecule has 3 N–H and O–H groups in total. The molecule has 1 saturated carbocycles. The molecule has 0 bridgehead atoms. The Morgan fingerprint density at radius 3 is 2.50 bits per heavy atom. The van der Waals surface area contributed by atoms with Gasteiger partial charge < -0.3 is 15.7 Å². The van der Waals surface area contributed by atoms with E-state index in [9.17, 15) is 9.59 Å². The number of rotatable bonds is 7. The summed E-state index contributed by atoms with van der Waals surface area (Å²) in [7, 11) is 0. The van der Waals surface area contributed by atoms with Crippen LogP contribution in [0.1, 0.15) is 65.2 Å². The molecule has 0 aliphatic heterocycles. The maximum Gasteiger partial charge on any atom is 0.315 e. The summed E-state index contributed by atoms with van der Waals surface area (Å²) in [5.41, 5.74) is 0.238. The molecule has 0 aromatic rings. The Morgan fingerprint density at radius 2 is 1.90 bits per heavy atom. The first-order valence-corrected chi connectivity index (χ1v) is 7.67. The van der Waals surface area contributed by atoms with Gasteiger partial charge in [0.1, 0.15) is 0 Å². The molecule has 1 aliphatic carbocycles. The summed E-state index contributed by atoms with van der Waals surface area (Å²) in [5, 5.41) is 14.4. The molecule has 1 aliphatic rings. The number of urea groups is 1. The molecule has 1 atom stereocenters. The molecule has 5 heteroatoms. The van der Waals surface area contributed by atoms with E-state index in [0.29, 0.717) is 12.8 Å². The van der Waals surface area contributed by atoms with Gasteiger partial charge in [-0.15, -0.1) is 0 Å². The molecule has 116 valence electrons. The molecular formula is C15H28N2O3. The number of carboxylic acids is 1. The number of carbonyl (C=O) groups excluding carboxylic acids is 1. The topological polar surface area (TPSA) is 78.4 Å². The summed E-state index contributed by atoms with van der Waals surface area (Å²) in [4.78, 5) is 22.2. The van der Waals surface area contributed by atoms with Gasteiger partial charge in [-0.25, -0.2) is 4.79 Å². The number of amides is 2. The van der Waals surface area contributed by atoms with Crippen molar-refractivity contribution >= 4 is 12.0 Å². The summed E-state index contributed by atoms with van der Waals surface area (Å²) in [5.74, 6) is -0.785. The van der Waals surface area contributed by atoms with E-state index in [1.165, 1.54) is 32.1 Å². The van der Waals surface area contributed by atoms with E-state index in [-0.39, 0.29) is 23.9 Å². The van der Waals surface area contributed by atoms with Crippen molar-refractivity contribution in [3.05, 3.63) is 0 Å². The summed E-state index contributed by atoms with van der Waals surface area (Å²) >= 11 is 0. The highest BCUT2D eigenvalue weighted by Crippen LogP contribution is 2.34. The minimum atomic E-state index is -0.785. The molecule has 0 spiro atoms. The van der Waals surface area contributed by atoms with Gasteiger partial charge in [0.2, 0.25) is 0 Å². The second kappa shape index (κ2) is 8.12. The maximum absolute atomic E-state index is 11.8. The largest absolute Gasteiger partial charge is 0.481 e. The fourth-order valence-corrected chi connectivity index (χ4v) is 2.78. The van der Waals surface area contributed by atoms with Crippen molar-refractivity contribution in [2.24, 2.45) is 5.41 Å². The zero-order chi connectivity index (χ0) is 15.0. The second-order valence-electron chi connectivity index (χ2n) is 6.39. The van der Waals surface area contributed by atoms with E-state index in [1.54, 1.807) is 0 Å². The van der Waals surface area contributed by atoms with Crippen LogP contribution in [0.5, 0.6) is 0 Å². The van der Waals surface area contributed by atoms with Crippen LogP contribution >= 0.6 is 0 Å². The quantitative estimate of drug-likeness (QED) is 0.672. The van der Waals surface area contributed by atoms with Gasteiger partial charge in [-0.3, -0.25) is 4.79 Å². The van der Waals surface area contributed by atoms with E-state index in [1.807, 2.05) is 6.92 Å². The average Bonchev–Trinajstić information content (AvgIpc) is 2.37. The predicted octanol–water partition coefficient (Wildman–Crippen LogP) is 2.90. The lowest BCUT2D eigenvalue weighted by Crippen LogP contribution is -2.45. The van der Waals surface area contributed by atoms with Crippen LogP contribution in [0.15, 0.2) is 0 Å². The first-order valence-electron chi connectivity index (χ1n) is 7.67. The molecular weight excluding hydrogens is 256 g/mol. The average molecular weight is 284 g/mol. The van der Waals surface area contributed by atoms with E-state index < -0.39 is 5.97 Å². The highest BCUT2D eigenvalue weighted by atomic mass is 16.4. The molecule has 1 rings (SSSR count). The number of hydrogen-bond donors (Lipinski definition) is 3. The summed E-state index contributed by atoms with van der Waals surface area (Å²) in [6.07, 6.45) is 7.62. The van der Waals surface area contributed by atoms with Crippen LogP contribution in [-0.2, 0) is 4.79 Å². The van der Waals surface area contributed by atoms with Crippen molar-refractivity contribution in [3.63, 3.8) is 0 Å². The van der Waals surface area contributed by atoms with E-state index in [4.69, 9.17) is 5.11 Å². The SMILES string of the molecule is CC(CCCC(=O)O)NC(=O)NCC1(C)CCCCC1. The van der Waals surface area contributed by atoms with Gasteiger partial charge in [0.25, 0.3) is 0 Å². The lowest BCUT2D eigenvalue weighted by molar-refractivity contribution is -0.137. The van der Waals surface area contributed by atoms with Crippen LogP contribution in [0.4, 0.5) is 4.79 Å². The van der Waals surface area contributed by atoms with Crippen LogP contribution < -0.4 is 10.6 Å². The highest BCUT2D eigenvalue weighted by molar-refractivity contribution is 5.74. The Labute approximate surface area is 121 Å². The Hall–Kier alpha value is -1.26. The molecule has 5 nitrogen and oxygen atoms in total. The van der Waals surface area contributed by atoms with Crippen molar-refractivity contribution in [3.8, 4) is 0 Å². The smallest absolute Gasteiger partial charge is 0.315 e. The molecule has 0 aromatic heterocycles. The number of nitrogens with one attached hydrogen (secondary N) is 2. The Morgan fingerprint density at radius 1 is 1.25 bits per heavy atom. The molecule has 2 amide bonds. The zero-order valence-corrected chi connectivity index (χ0v) is 12.7. The minimum Gasteiger partial charge on any atom is -0.481 e. The fraction of sp³-hybridized carbons (Fsp3) is 0.867. The summed E-state index contributed by atoms with van der Waals surface area (Å²) < 4.78 is 0. The molecule has 0 radical (unpaired) electrons. The minimum absolute atomic E-state index is 0.00788. The van der Waals surface area contributed by atoms with Gasteiger partial charge in [0, 0.05) is 19.0 Å². The van der Waals surface area contributed by atoms with Crippen LogP contribution in [-0.4, -0.2) is 29.7 Å². The number of carboxylic acid groups (broad SMARTS) is 1. The molecule has 0 heterocycles. The van der Waals surface area contributed by atoms with Crippen molar-refractivity contribution in [1.29, 1.82) is 0 Å². The van der Waals surface area contributed by atoms with Gasteiger partial charge in [-0.2, -0.15) is 0 Å². The fourth-order valence-electron chi connectivity index (χ4n) is 2.78. The third kappa shape index (κ3) is 6.78. The highest BCUT2D eigenvalue weighted by Gasteiger charge is 2.27. The van der Waals surface area contributed by atoms with Crippen molar-refractivity contribution in [2.75, 3.05) is 6.54 Å². The van der Waals surface area contributed by atoms with Gasteiger partial charge >= 0.3 is 12.0 Å². The van der Waals surface area contributed by atoms with Gasteiger partial charge in [0.15, 0.2) is 0 Å². The monoisotopic (exact) mass is 284 g/mol. The van der Waals surface area contributed by atoms with Gasteiger partial charge in [0.05, 0.1) is 0 Å². The Bertz CT molecular complexity index is 325. The standard InChI is InChI=1S/C15H28N2O3/c1-12(7-6-8-13(18)19)17-14(20)16-11-15(2)9-4-3-5-10-15/h12H,3-11H2,1-2H3,(H,18,19)(H2,16,17,20). The predicted molar refractivity (Wildman–Crippen MR) is 78.7 cm³/mol. The van der Waals surface area contributed by atoms with Crippen LogP contribution in [0.3, 0.4) is 0 Å². The van der Waals surface area contributed by atoms with Crippen LogP contribution in [0.2, 0.25) is 0 Å². The summed E-state index contributed by atoms with van der Waals surface area (Å²) in [6, 6.07) is -0.131. The third-order valence-electron chi connectivity index (χ3n) is 4.14. The first-order chi connectivity index (χ1) is 9.41. The van der Waals surface area contributed by atoms with Crippen molar-refractivity contribution < 1.29 is 14.7 Å². The first kappa shape index (κ1) is 16.8. The maximum atomic E-state index is 11.8. The van der Waals surface area contributed by atoms with Gasteiger partial charge in [-0.05, 0) is 38.0 Å². The molecule has 0 aromatic carbocycles. The zero-order valence-electron chi connectivity index (χ0n) is 12.7. The van der Waals surface area contributed by atoms with Gasteiger partial charge in [-0.1, -0.05) is 26.2 Å². The molecule has 0 saturated heterocycles. The number of hydrogen-bond acceptors (Lipinski definition) is 2. The Balaban J connectivity index is 2.17. The Kier molecular flexibility index (Phi) is 6.82. The molecule has 1 unspecified atom stereocenters. The second-order valence-corrected chi connectivity index (χ2v) is 6.39. The number of carbonyl (C=O) groups is 2. The van der Waals surface area contributed by atoms with E-state index in [0.717, 1.165) is 6.54 Å². The lowest BCUT2D eigenvalue weighted by Gasteiger charge is -2.33. The third-order valence-corrected chi connectivity index (χ3v) is 4.14. The van der Waals surface area contributed by atoms with Crippen molar-refractivity contribution in [1.82, 2.24) is 10.6 Å². The lowest BCUT2D eigenvalue weighted by atomic mass is 9.76. The van der Waals surface area contributed by atoms with Crippen LogP contribution in [0, 0.1) is 5.41 Å². The van der Waals surface area contributed by atoms with Crippen LogP contribution in [0.25, 0.3) is 0 Å². The normalized spacial score (nSPS) is 19.1. The van der Waals surface area contributed by atoms with Crippen molar-refractivity contribution in [2.45, 2.75) is 71.3 Å². The van der Waals surface area contributed by atoms with E-state index in [2.05, 4.69) is 17.6 Å². The summed E-state index contributed by atoms with van der Waals surface area (Å²) in [6.45, 7) is 4.87.